The first-order valence-electron chi connectivity index (χ1n) is 16.4. The molecule has 1 aromatic heterocycles. The third-order valence-corrected chi connectivity index (χ3v) is 11.6. The number of nitrogens with one attached hydrogen (secondary N) is 2. The zero-order chi connectivity index (χ0) is 33.3. The summed E-state index contributed by atoms with van der Waals surface area (Å²) in [5, 5.41) is 15.0. The van der Waals surface area contributed by atoms with Crippen molar-refractivity contribution in [2.24, 2.45) is 5.92 Å². The lowest BCUT2D eigenvalue weighted by Gasteiger charge is -2.36. The molecule has 256 valence electrons. The average Bonchev–Trinajstić information content (AvgIpc) is 3.59. The molecule has 4 atom stereocenters. The van der Waals surface area contributed by atoms with Gasteiger partial charge in [0, 0.05) is 44.4 Å². The number of hydrogen-bond donors (Lipinski definition) is 3. The van der Waals surface area contributed by atoms with Crippen LogP contribution in [-0.4, -0.2) is 92.9 Å². The smallest absolute Gasteiger partial charge is 0.317 e. The molecule has 0 saturated heterocycles. The maximum Gasteiger partial charge on any atom is 0.317 e. The van der Waals surface area contributed by atoms with Crippen molar-refractivity contribution in [3.8, 4) is 5.75 Å². The molecule has 2 aromatic rings. The van der Waals surface area contributed by atoms with Crippen LogP contribution >= 0.6 is 11.3 Å². The van der Waals surface area contributed by atoms with E-state index in [1.807, 2.05) is 13.8 Å². The summed E-state index contributed by atoms with van der Waals surface area (Å²) < 4.78 is 41.3. The Morgan fingerprint density at radius 3 is 2.57 bits per heavy atom. The first-order valence-corrected chi connectivity index (χ1v) is 18.8. The summed E-state index contributed by atoms with van der Waals surface area (Å²) in [6, 6.07) is 7.41. The minimum atomic E-state index is -3.84. The van der Waals surface area contributed by atoms with Crippen LogP contribution in [0, 0.1) is 5.92 Å². The van der Waals surface area contributed by atoms with Crippen molar-refractivity contribution in [3.63, 3.8) is 0 Å². The maximum absolute atomic E-state index is 14.3. The molecule has 3 amide bonds. The molecule has 1 aromatic carbocycles. The highest BCUT2D eigenvalue weighted by molar-refractivity contribution is 7.94. The van der Waals surface area contributed by atoms with Gasteiger partial charge in [-0.05, 0) is 75.6 Å². The number of ether oxygens (including phenoxy) is 2. The van der Waals surface area contributed by atoms with E-state index >= 15 is 0 Å². The van der Waals surface area contributed by atoms with Gasteiger partial charge in [0.15, 0.2) is 0 Å². The molecule has 11 nitrogen and oxygen atoms in total. The summed E-state index contributed by atoms with van der Waals surface area (Å²) in [5.74, 6) is -0.245. The molecule has 0 radical (unpaired) electrons. The van der Waals surface area contributed by atoms with Gasteiger partial charge in [-0.2, -0.15) is 0 Å². The number of aliphatic hydroxyl groups excluding tert-OH is 1. The molecule has 1 fully saturated rings. The van der Waals surface area contributed by atoms with Crippen LogP contribution in [0.5, 0.6) is 5.75 Å². The van der Waals surface area contributed by atoms with Gasteiger partial charge in [0.2, 0.25) is 0 Å². The molecule has 13 heteroatoms. The van der Waals surface area contributed by atoms with Crippen molar-refractivity contribution in [1.29, 1.82) is 0 Å². The van der Waals surface area contributed by atoms with E-state index in [9.17, 15) is 23.1 Å². The van der Waals surface area contributed by atoms with E-state index in [0.717, 1.165) is 56.3 Å². The van der Waals surface area contributed by atoms with E-state index in [4.69, 9.17) is 9.47 Å². The number of hydrogen-bond acceptors (Lipinski definition) is 8. The number of rotatable bonds is 8. The second-order valence-electron chi connectivity index (χ2n) is 12.7. The normalized spacial score (nSPS) is 23.0. The maximum atomic E-state index is 14.3. The van der Waals surface area contributed by atoms with Crippen LogP contribution in [0.1, 0.15) is 82.5 Å². The molecule has 1 saturated carbocycles. The summed E-state index contributed by atoms with van der Waals surface area (Å²) >= 11 is 1.10. The Morgan fingerprint density at radius 1 is 1.13 bits per heavy atom. The summed E-state index contributed by atoms with van der Waals surface area (Å²) in [4.78, 5) is 30.7. The van der Waals surface area contributed by atoms with E-state index in [2.05, 4.69) is 10.0 Å². The number of carbonyl (C=O) groups excluding carboxylic acids is 2. The van der Waals surface area contributed by atoms with Gasteiger partial charge in [0.1, 0.15) is 9.96 Å². The molecular weight excluding hydrogens is 629 g/mol. The van der Waals surface area contributed by atoms with E-state index in [0.29, 0.717) is 18.9 Å². The third-order valence-electron chi connectivity index (χ3n) is 8.80. The number of benzene rings is 1. The number of anilines is 1. The summed E-state index contributed by atoms with van der Waals surface area (Å²) in [7, 11) is -2.07. The van der Waals surface area contributed by atoms with Crippen molar-refractivity contribution >= 4 is 39.0 Å². The first-order chi connectivity index (χ1) is 22.0. The number of fused-ring (bicyclic) bond motifs is 1. The molecule has 0 spiro atoms. The van der Waals surface area contributed by atoms with Gasteiger partial charge in [-0.3, -0.25) is 9.52 Å². The van der Waals surface area contributed by atoms with E-state index in [1.165, 1.54) is 18.6 Å². The van der Waals surface area contributed by atoms with Crippen molar-refractivity contribution < 1.29 is 32.6 Å². The Kier molecular flexibility index (Phi) is 13.1. The highest BCUT2D eigenvalue weighted by Gasteiger charge is 2.31. The van der Waals surface area contributed by atoms with Gasteiger partial charge < -0.3 is 29.7 Å². The summed E-state index contributed by atoms with van der Waals surface area (Å²) in [6.45, 7) is 6.51. The van der Waals surface area contributed by atoms with Crippen LogP contribution in [0.4, 0.5) is 10.5 Å². The van der Waals surface area contributed by atoms with Crippen molar-refractivity contribution in [3.05, 3.63) is 41.3 Å². The Bertz CT molecular complexity index is 1380. The van der Waals surface area contributed by atoms with Crippen LogP contribution in [0.3, 0.4) is 0 Å². The minimum absolute atomic E-state index is 0.129. The topological polar surface area (TPSA) is 138 Å². The molecule has 0 unspecified atom stereocenters. The van der Waals surface area contributed by atoms with Crippen molar-refractivity contribution in [2.45, 2.75) is 101 Å². The Balaban J connectivity index is 1.60. The van der Waals surface area contributed by atoms with Crippen LogP contribution in [0.2, 0.25) is 0 Å². The fourth-order valence-corrected chi connectivity index (χ4v) is 8.00. The number of likely N-dealkylation sites (N-methyl/N-ethyl adjacent to an activating group) is 1. The largest absolute Gasteiger partial charge is 0.490 e. The highest BCUT2D eigenvalue weighted by Crippen LogP contribution is 2.30. The zero-order valence-corrected chi connectivity index (χ0v) is 29.1. The second kappa shape index (κ2) is 16.8. The Morgan fingerprint density at radius 2 is 1.87 bits per heavy atom. The molecular formula is C33H50N4O7S2. The predicted molar refractivity (Wildman–Crippen MR) is 180 cm³/mol. The minimum Gasteiger partial charge on any atom is -0.490 e. The molecule has 0 bridgehead atoms. The predicted octanol–water partition coefficient (Wildman–Crippen LogP) is 5.32. The average molecular weight is 679 g/mol. The Hall–Kier alpha value is -2.87. The van der Waals surface area contributed by atoms with E-state index in [-0.39, 0.29) is 58.8 Å². The van der Waals surface area contributed by atoms with Crippen LogP contribution in [0.25, 0.3) is 0 Å². The van der Waals surface area contributed by atoms with Crippen LogP contribution in [0.15, 0.2) is 39.9 Å². The second-order valence-corrected chi connectivity index (χ2v) is 15.6. The van der Waals surface area contributed by atoms with Gasteiger partial charge in [0.05, 0.1) is 30.4 Å². The molecule has 2 aliphatic rings. The van der Waals surface area contributed by atoms with Gasteiger partial charge in [-0.15, -0.1) is 11.3 Å². The lowest BCUT2D eigenvalue weighted by atomic mass is 9.96. The molecule has 1 aliphatic heterocycles. The fraction of sp³-hybridized carbons (Fsp3) is 0.636. The van der Waals surface area contributed by atoms with E-state index < -0.39 is 22.0 Å². The number of thiophene rings is 1. The number of nitrogens with zero attached hydrogens (tertiary/aromatic N) is 2. The van der Waals surface area contributed by atoms with E-state index in [1.54, 1.807) is 47.4 Å². The first kappa shape index (κ1) is 36.0. The van der Waals surface area contributed by atoms with Crippen LogP contribution < -0.4 is 14.8 Å². The highest BCUT2D eigenvalue weighted by atomic mass is 32.2. The lowest BCUT2D eigenvalue weighted by molar-refractivity contribution is -0.0123. The summed E-state index contributed by atoms with van der Waals surface area (Å²) in [5.41, 5.74) is 0.429. The van der Waals surface area contributed by atoms with Crippen molar-refractivity contribution in [2.75, 3.05) is 38.1 Å². The number of carbonyl (C=O) groups is 2. The van der Waals surface area contributed by atoms with Gasteiger partial charge in [-0.25, -0.2) is 13.2 Å². The van der Waals surface area contributed by atoms with Gasteiger partial charge in [-0.1, -0.05) is 32.3 Å². The molecule has 3 N–H and O–H groups in total. The molecule has 4 rings (SSSR count). The van der Waals surface area contributed by atoms with Crippen LogP contribution in [-0.2, 0) is 14.8 Å². The lowest BCUT2D eigenvalue weighted by Crippen LogP contribution is -2.50. The third kappa shape index (κ3) is 9.82. The van der Waals surface area contributed by atoms with Gasteiger partial charge >= 0.3 is 6.03 Å². The zero-order valence-electron chi connectivity index (χ0n) is 27.4. The molecule has 1 aliphatic carbocycles. The number of aliphatic hydroxyl groups is 1. The quantitative estimate of drug-likeness (QED) is 0.344. The SMILES string of the molecule is C[C@@H]1CCCCO[C@H](CN(C)C(=O)NC2CCCCC2)[C@@H](C)CN([C@H](C)CO)C(=O)c2cc(NS(=O)(=O)c3cccs3)ccc2O1. The number of sulfonamides is 1. The van der Waals surface area contributed by atoms with Gasteiger partial charge in [0.25, 0.3) is 15.9 Å². The number of amides is 3. The number of urea groups is 1. The Labute approximate surface area is 277 Å². The summed E-state index contributed by atoms with van der Waals surface area (Å²) in [6.07, 6.45) is 7.25. The fourth-order valence-electron chi connectivity index (χ4n) is 5.96. The standard InChI is InChI=1S/C33H50N4O7S2/c1-23-20-37(24(2)22-38)32(39)28-19-27(35-46(41,42)31-14-10-18-45-31)15-16-29(28)44-25(3)11-8-9-17-43-30(23)21-36(4)33(40)34-26-12-6-5-7-13-26/h10,14-16,18-19,23-26,30,35,38H,5-9,11-13,17,20-22H2,1-4H3,(H,34,40)/t23-,24+,25+,30+/m0/s1. The monoisotopic (exact) mass is 678 g/mol. The molecule has 46 heavy (non-hydrogen) atoms. The molecule has 2 heterocycles. The van der Waals surface area contributed by atoms with Crippen molar-refractivity contribution in [1.82, 2.24) is 15.1 Å².